The minimum atomic E-state index is 0. The van der Waals surface area contributed by atoms with E-state index in [-0.39, 0.29) is 6.15 Å². The largest absolute Gasteiger partial charge is 0.344 e. The van der Waals surface area contributed by atoms with Crippen molar-refractivity contribution in [2.75, 3.05) is 6.26 Å². The van der Waals surface area contributed by atoms with Crippen molar-refractivity contribution < 1.29 is 0 Å². The van der Waals surface area contributed by atoms with E-state index in [4.69, 9.17) is 0 Å². The highest BCUT2D eigenvalue weighted by atomic mass is 32.2. The minimum absolute atomic E-state index is 0. The van der Waals surface area contributed by atoms with Crippen LogP contribution >= 0.6 is 34.4 Å². The van der Waals surface area contributed by atoms with E-state index >= 15 is 0 Å². The molecule has 0 unspecified atom stereocenters. The molecular formula is C9H11NS3. The Morgan fingerprint density at radius 3 is 2.62 bits per heavy atom. The number of hydrogen-bond donors (Lipinski definition) is 1. The van der Waals surface area contributed by atoms with E-state index in [0.29, 0.717) is 0 Å². The van der Waals surface area contributed by atoms with Gasteiger partial charge >= 0.3 is 0 Å². The Hall–Kier alpha value is -0.290. The van der Waals surface area contributed by atoms with Crippen molar-refractivity contribution in [2.45, 2.75) is 4.90 Å². The molecule has 0 amide bonds. The Labute approximate surface area is 90.4 Å². The highest BCUT2D eigenvalue weighted by Gasteiger charge is 2.05. The third-order valence-electron chi connectivity index (χ3n) is 1.59. The normalized spacial score (nSPS) is 9.62. The summed E-state index contributed by atoms with van der Waals surface area (Å²) in [5.74, 6) is 0. The van der Waals surface area contributed by atoms with Crippen molar-refractivity contribution in [1.82, 2.24) is 6.15 Å². The third kappa shape index (κ3) is 2.14. The maximum Gasteiger partial charge on any atom is 0.0578 e. The van der Waals surface area contributed by atoms with Gasteiger partial charge in [0.2, 0.25) is 0 Å². The van der Waals surface area contributed by atoms with Crippen LogP contribution in [0.1, 0.15) is 0 Å². The van der Waals surface area contributed by atoms with E-state index in [9.17, 15) is 0 Å². The monoisotopic (exact) mass is 229 g/mol. The van der Waals surface area contributed by atoms with Gasteiger partial charge in [-0.15, -0.1) is 34.4 Å². The molecule has 2 aromatic rings. The lowest BCUT2D eigenvalue weighted by Gasteiger charge is -1.95. The molecule has 4 heteroatoms. The first-order valence-electron chi connectivity index (χ1n) is 3.57. The van der Waals surface area contributed by atoms with E-state index in [1.807, 2.05) is 34.4 Å². The van der Waals surface area contributed by atoms with Crippen molar-refractivity contribution in [1.29, 1.82) is 0 Å². The fourth-order valence-corrected chi connectivity index (χ4v) is 3.77. The van der Waals surface area contributed by atoms with Gasteiger partial charge in [0.15, 0.2) is 0 Å². The van der Waals surface area contributed by atoms with Gasteiger partial charge in [-0.3, -0.25) is 0 Å². The Bertz CT molecular complexity index is 351. The van der Waals surface area contributed by atoms with Crippen LogP contribution in [0.4, 0.5) is 0 Å². The zero-order chi connectivity index (χ0) is 8.39. The van der Waals surface area contributed by atoms with Crippen molar-refractivity contribution >= 4 is 34.4 Å². The Morgan fingerprint density at radius 2 is 2.00 bits per heavy atom. The van der Waals surface area contributed by atoms with Gasteiger partial charge < -0.3 is 6.15 Å². The van der Waals surface area contributed by atoms with Crippen LogP contribution in [0.25, 0.3) is 9.75 Å². The van der Waals surface area contributed by atoms with Crippen LogP contribution in [-0.2, 0) is 0 Å². The van der Waals surface area contributed by atoms with Gasteiger partial charge in [-0.2, -0.15) is 0 Å². The van der Waals surface area contributed by atoms with Crippen LogP contribution in [0.5, 0.6) is 0 Å². The summed E-state index contributed by atoms with van der Waals surface area (Å²) >= 11 is 5.45. The van der Waals surface area contributed by atoms with E-state index < -0.39 is 0 Å². The summed E-state index contributed by atoms with van der Waals surface area (Å²) in [6.45, 7) is 0. The summed E-state index contributed by atoms with van der Waals surface area (Å²) in [6, 6.07) is 6.46. The summed E-state index contributed by atoms with van der Waals surface area (Å²) < 4.78 is 0. The molecule has 2 heterocycles. The Kier molecular flexibility index (Phi) is 3.99. The van der Waals surface area contributed by atoms with Gasteiger partial charge in [0, 0.05) is 9.77 Å². The molecule has 0 radical (unpaired) electrons. The lowest BCUT2D eigenvalue weighted by Crippen LogP contribution is -1.66. The smallest absolute Gasteiger partial charge is 0.0578 e. The van der Waals surface area contributed by atoms with Crippen molar-refractivity contribution in [3.8, 4) is 9.75 Å². The minimum Gasteiger partial charge on any atom is -0.344 e. The first-order valence-corrected chi connectivity index (χ1v) is 6.55. The van der Waals surface area contributed by atoms with Gasteiger partial charge in [0.05, 0.1) is 4.88 Å². The van der Waals surface area contributed by atoms with E-state index in [1.54, 1.807) is 0 Å². The fraction of sp³-hybridized carbons (Fsp3) is 0.111. The lowest BCUT2D eigenvalue weighted by molar-refractivity contribution is 1.60. The summed E-state index contributed by atoms with van der Waals surface area (Å²) in [7, 11) is 0. The molecular weight excluding hydrogens is 218 g/mol. The molecule has 2 rings (SSSR count). The summed E-state index contributed by atoms with van der Waals surface area (Å²) in [6.07, 6.45) is 2.12. The average Bonchev–Trinajstić information content (AvgIpc) is 2.74. The van der Waals surface area contributed by atoms with E-state index in [2.05, 4.69) is 35.2 Å². The lowest BCUT2D eigenvalue weighted by atomic mass is 10.4. The van der Waals surface area contributed by atoms with Crippen LogP contribution in [-0.4, -0.2) is 6.26 Å². The summed E-state index contributed by atoms with van der Waals surface area (Å²) in [4.78, 5) is 4.19. The van der Waals surface area contributed by atoms with Crippen LogP contribution in [0, 0.1) is 0 Å². The summed E-state index contributed by atoms with van der Waals surface area (Å²) in [5.41, 5.74) is 0. The molecule has 13 heavy (non-hydrogen) atoms. The first-order chi connectivity index (χ1) is 5.92. The Morgan fingerprint density at radius 1 is 1.15 bits per heavy atom. The second kappa shape index (κ2) is 4.81. The van der Waals surface area contributed by atoms with Gasteiger partial charge in [0.1, 0.15) is 0 Å². The topological polar surface area (TPSA) is 35.0 Å². The molecule has 0 fully saturated rings. The zero-order valence-electron chi connectivity index (χ0n) is 7.32. The zero-order valence-corrected chi connectivity index (χ0v) is 9.77. The van der Waals surface area contributed by atoms with Crippen LogP contribution in [0.15, 0.2) is 33.9 Å². The first kappa shape index (κ1) is 10.8. The quantitative estimate of drug-likeness (QED) is 0.776. The number of rotatable bonds is 2. The maximum absolute atomic E-state index is 2.18. The van der Waals surface area contributed by atoms with Crippen LogP contribution < -0.4 is 6.15 Å². The summed E-state index contributed by atoms with van der Waals surface area (Å²) in [5, 5.41) is 4.28. The molecule has 70 valence electrons. The Balaban J connectivity index is 0.000000845. The second-order valence-corrected chi connectivity index (χ2v) is 5.01. The van der Waals surface area contributed by atoms with E-state index in [0.717, 1.165) is 0 Å². The highest BCUT2D eigenvalue weighted by molar-refractivity contribution is 7.98. The molecule has 0 aromatic carbocycles. The molecule has 3 N–H and O–H groups in total. The predicted molar refractivity (Wildman–Crippen MR) is 64.4 cm³/mol. The number of thiophene rings is 2. The van der Waals surface area contributed by atoms with Gasteiger partial charge in [0.25, 0.3) is 0 Å². The number of thioether (sulfide) groups is 1. The second-order valence-electron chi connectivity index (χ2n) is 2.30. The predicted octanol–water partition coefficient (Wildman–Crippen LogP) is 4.36. The van der Waals surface area contributed by atoms with Crippen LogP contribution in [0.2, 0.25) is 0 Å². The molecule has 2 aromatic heterocycles. The third-order valence-corrected chi connectivity index (χ3v) is 4.47. The van der Waals surface area contributed by atoms with Crippen LogP contribution in [0.3, 0.4) is 0 Å². The molecule has 0 atom stereocenters. The molecule has 0 spiro atoms. The van der Waals surface area contributed by atoms with Crippen molar-refractivity contribution in [3.63, 3.8) is 0 Å². The van der Waals surface area contributed by atoms with Crippen molar-refractivity contribution in [2.24, 2.45) is 0 Å². The highest BCUT2D eigenvalue weighted by Crippen LogP contribution is 2.37. The average molecular weight is 229 g/mol. The van der Waals surface area contributed by atoms with Crippen molar-refractivity contribution in [3.05, 3.63) is 29.0 Å². The van der Waals surface area contributed by atoms with E-state index in [1.165, 1.54) is 14.6 Å². The molecule has 0 aliphatic carbocycles. The molecule has 0 saturated heterocycles. The SMILES string of the molecule is CSc1ccsc1-c1cccs1.N. The molecule has 0 aliphatic heterocycles. The van der Waals surface area contributed by atoms with Gasteiger partial charge in [-0.1, -0.05) is 6.07 Å². The standard InChI is InChI=1S/C9H8S3.H3N/c1-10-7-4-6-12-9(7)8-3-2-5-11-8;/h2-6H,1H3;1H3. The fourth-order valence-electron chi connectivity index (χ4n) is 1.05. The molecule has 1 nitrogen and oxygen atoms in total. The molecule has 0 bridgehead atoms. The molecule has 0 saturated carbocycles. The molecule has 0 aliphatic rings. The van der Waals surface area contributed by atoms with Gasteiger partial charge in [-0.05, 0) is 29.1 Å². The van der Waals surface area contributed by atoms with Gasteiger partial charge in [-0.25, -0.2) is 0 Å². The number of hydrogen-bond acceptors (Lipinski definition) is 4. The maximum atomic E-state index is 2.18.